The summed E-state index contributed by atoms with van der Waals surface area (Å²) in [4.78, 5) is 0. The third-order valence-corrected chi connectivity index (χ3v) is 2.53. The summed E-state index contributed by atoms with van der Waals surface area (Å²) in [6, 6.07) is 7.45. The van der Waals surface area contributed by atoms with Gasteiger partial charge in [0.1, 0.15) is 5.75 Å². The molecule has 2 aromatic rings. The second kappa shape index (κ2) is 5.01. The molecule has 90 valence electrons. The minimum Gasteiger partial charge on any atom is -0.454 e. The van der Waals surface area contributed by atoms with E-state index in [1.807, 2.05) is 37.4 Å². The lowest BCUT2D eigenvalue weighted by Gasteiger charge is -2.11. The fourth-order valence-electron chi connectivity index (χ4n) is 1.62. The predicted molar refractivity (Wildman–Crippen MR) is 65.1 cm³/mol. The quantitative estimate of drug-likeness (QED) is 0.881. The van der Waals surface area contributed by atoms with E-state index >= 15 is 0 Å². The molecule has 0 bridgehead atoms. The van der Waals surface area contributed by atoms with Crippen molar-refractivity contribution in [2.45, 2.75) is 26.5 Å². The van der Waals surface area contributed by atoms with Gasteiger partial charge in [-0.3, -0.25) is 4.68 Å². The fourth-order valence-corrected chi connectivity index (χ4v) is 1.62. The van der Waals surface area contributed by atoms with Crippen LogP contribution >= 0.6 is 0 Å². The largest absolute Gasteiger partial charge is 0.454 e. The van der Waals surface area contributed by atoms with Crippen molar-refractivity contribution in [3.05, 3.63) is 42.2 Å². The molecular weight excluding hydrogens is 216 g/mol. The molecule has 0 fully saturated rings. The second-order valence-corrected chi connectivity index (χ2v) is 3.85. The van der Waals surface area contributed by atoms with Crippen LogP contribution in [0.15, 0.2) is 36.7 Å². The van der Waals surface area contributed by atoms with Gasteiger partial charge >= 0.3 is 0 Å². The normalized spacial score (nSPS) is 12.4. The Hall–Kier alpha value is -1.81. The van der Waals surface area contributed by atoms with Crippen LogP contribution in [0.4, 0.5) is 0 Å². The molecule has 17 heavy (non-hydrogen) atoms. The Balaban J connectivity index is 2.23. The van der Waals surface area contributed by atoms with Crippen LogP contribution in [0.2, 0.25) is 0 Å². The van der Waals surface area contributed by atoms with Gasteiger partial charge in [0.2, 0.25) is 0 Å². The van der Waals surface area contributed by atoms with Gasteiger partial charge in [0, 0.05) is 12.1 Å². The molecule has 0 saturated heterocycles. The zero-order chi connectivity index (χ0) is 12.3. The highest BCUT2D eigenvalue weighted by atomic mass is 16.5. The number of aromatic nitrogens is 2. The van der Waals surface area contributed by atoms with Gasteiger partial charge in [-0.1, -0.05) is 18.2 Å². The predicted octanol–water partition coefficient (Wildman–Crippen LogP) is 2.75. The molecule has 4 nitrogen and oxygen atoms in total. The third kappa shape index (κ3) is 2.65. The Morgan fingerprint density at radius 2 is 2.18 bits per heavy atom. The van der Waals surface area contributed by atoms with E-state index < -0.39 is 6.10 Å². The molecule has 1 N–H and O–H groups in total. The van der Waals surface area contributed by atoms with Gasteiger partial charge in [-0.15, -0.1) is 0 Å². The highest BCUT2D eigenvalue weighted by Crippen LogP contribution is 2.28. The van der Waals surface area contributed by atoms with Crippen molar-refractivity contribution in [3.63, 3.8) is 0 Å². The summed E-state index contributed by atoms with van der Waals surface area (Å²) in [6.07, 6.45) is 2.95. The molecule has 0 aliphatic rings. The van der Waals surface area contributed by atoms with Gasteiger partial charge < -0.3 is 9.84 Å². The third-order valence-electron chi connectivity index (χ3n) is 2.53. The number of hydrogen-bond donors (Lipinski definition) is 1. The first-order valence-electron chi connectivity index (χ1n) is 5.68. The summed E-state index contributed by atoms with van der Waals surface area (Å²) in [5.74, 6) is 1.35. The maximum absolute atomic E-state index is 9.63. The van der Waals surface area contributed by atoms with Crippen molar-refractivity contribution in [1.82, 2.24) is 9.78 Å². The Morgan fingerprint density at radius 1 is 1.41 bits per heavy atom. The molecule has 0 unspecified atom stereocenters. The summed E-state index contributed by atoms with van der Waals surface area (Å²) in [7, 11) is 0. The molecule has 0 saturated carbocycles. The van der Waals surface area contributed by atoms with E-state index in [9.17, 15) is 5.11 Å². The first-order valence-corrected chi connectivity index (χ1v) is 5.68. The van der Waals surface area contributed by atoms with Gasteiger partial charge in [-0.25, -0.2) is 0 Å². The molecular formula is C13H16N2O2. The zero-order valence-electron chi connectivity index (χ0n) is 10.00. The fraction of sp³-hybridized carbons (Fsp3) is 0.308. The van der Waals surface area contributed by atoms with Crippen LogP contribution in [0.25, 0.3) is 0 Å². The Morgan fingerprint density at radius 3 is 2.82 bits per heavy atom. The first-order chi connectivity index (χ1) is 8.20. The maximum Gasteiger partial charge on any atom is 0.165 e. The maximum atomic E-state index is 9.63. The number of aryl methyl sites for hydroxylation is 1. The summed E-state index contributed by atoms with van der Waals surface area (Å²) in [5.41, 5.74) is 0.775. The summed E-state index contributed by atoms with van der Waals surface area (Å²) in [6.45, 7) is 4.54. The van der Waals surface area contributed by atoms with Crippen molar-refractivity contribution in [1.29, 1.82) is 0 Å². The van der Waals surface area contributed by atoms with E-state index in [-0.39, 0.29) is 0 Å². The van der Waals surface area contributed by atoms with Crippen molar-refractivity contribution >= 4 is 0 Å². The van der Waals surface area contributed by atoms with E-state index in [0.717, 1.165) is 12.1 Å². The minimum absolute atomic E-state index is 0.549. The topological polar surface area (TPSA) is 47.3 Å². The van der Waals surface area contributed by atoms with Gasteiger partial charge in [-0.2, -0.15) is 5.10 Å². The van der Waals surface area contributed by atoms with Crippen LogP contribution in [0.3, 0.4) is 0 Å². The average molecular weight is 232 g/mol. The number of aliphatic hydroxyl groups excluding tert-OH is 1. The number of rotatable bonds is 4. The molecule has 0 aliphatic carbocycles. The van der Waals surface area contributed by atoms with Gasteiger partial charge in [0.25, 0.3) is 0 Å². The Bertz CT molecular complexity index is 492. The minimum atomic E-state index is -0.549. The van der Waals surface area contributed by atoms with Crippen molar-refractivity contribution in [3.8, 4) is 11.5 Å². The lowest BCUT2D eigenvalue weighted by atomic mass is 10.1. The molecule has 0 amide bonds. The summed E-state index contributed by atoms with van der Waals surface area (Å²) in [5, 5.41) is 13.8. The molecule has 1 atom stereocenters. The van der Waals surface area contributed by atoms with Crippen LogP contribution < -0.4 is 4.74 Å². The van der Waals surface area contributed by atoms with Crippen molar-refractivity contribution in [2.24, 2.45) is 0 Å². The summed E-state index contributed by atoms with van der Waals surface area (Å²) < 4.78 is 7.50. The van der Waals surface area contributed by atoms with E-state index in [1.165, 1.54) is 0 Å². The summed E-state index contributed by atoms with van der Waals surface area (Å²) >= 11 is 0. The SMILES string of the molecule is CCn1cc(Oc2ccccc2[C@H](C)O)cn1. The number of nitrogens with zero attached hydrogens (tertiary/aromatic N) is 2. The molecule has 2 rings (SSSR count). The number of para-hydroxylation sites is 1. The smallest absolute Gasteiger partial charge is 0.165 e. The molecule has 0 aliphatic heterocycles. The highest BCUT2D eigenvalue weighted by molar-refractivity contribution is 5.37. The van der Waals surface area contributed by atoms with Crippen LogP contribution in [-0.4, -0.2) is 14.9 Å². The van der Waals surface area contributed by atoms with Crippen LogP contribution in [-0.2, 0) is 6.54 Å². The number of ether oxygens (including phenoxy) is 1. The molecule has 0 radical (unpaired) electrons. The van der Waals surface area contributed by atoms with E-state index in [2.05, 4.69) is 5.10 Å². The number of benzene rings is 1. The Labute approximate surface area is 100 Å². The number of aliphatic hydroxyl groups is 1. The van der Waals surface area contributed by atoms with Gasteiger partial charge in [0.05, 0.1) is 18.5 Å². The van der Waals surface area contributed by atoms with Gasteiger partial charge in [-0.05, 0) is 19.9 Å². The molecule has 1 heterocycles. The number of hydrogen-bond acceptors (Lipinski definition) is 3. The van der Waals surface area contributed by atoms with E-state index in [4.69, 9.17) is 4.74 Å². The standard InChI is InChI=1S/C13H16N2O2/c1-3-15-9-11(8-14-15)17-13-7-5-4-6-12(13)10(2)16/h4-10,16H,3H2,1-2H3/t10-/m0/s1. The van der Waals surface area contributed by atoms with Crippen LogP contribution in [0, 0.1) is 0 Å². The molecule has 4 heteroatoms. The lowest BCUT2D eigenvalue weighted by Crippen LogP contribution is -1.95. The van der Waals surface area contributed by atoms with Crippen LogP contribution in [0.1, 0.15) is 25.5 Å². The van der Waals surface area contributed by atoms with E-state index in [0.29, 0.717) is 11.5 Å². The monoisotopic (exact) mass is 232 g/mol. The highest BCUT2D eigenvalue weighted by Gasteiger charge is 2.09. The molecule has 1 aromatic heterocycles. The second-order valence-electron chi connectivity index (χ2n) is 3.85. The zero-order valence-corrected chi connectivity index (χ0v) is 10.00. The first kappa shape index (κ1) is 11.7. The molecule has 0 spiro atoms. The lowest BCUT2D eigenvalue weighted by molar-refractivity contribution is 0.195. The van der Waals surface area contributed by atoms with Crippen molar-refractivity contribution < 1.29 is 9.84 Å². The molecule has 1 aromatic carbocycles. The van der Waals surface area contributed by atoms with Crippen LogP contribution in [0.5, 0.6) is 11.5 Å². The Kier molecular flexibility index (Phi) is 3.44. The van der Waals surface area contributed by atoms with E-state index in [1.54, 1.807) is 17.8 Å². The van der Waals surface area contributed by atoms with Crippen molar-refractivity contribution in [2.75, 3.05) is 0 Å². The average Bonchev–Trinajstić information content (AvgIpc) is 2.77. The van der Waals surface area contributed by atoms with Gasteiger partial charge in [0.15, 0.2) is 5.75 Å².